The van der Waals surface area contributed by atoms with Crippen molar-refractivity contribution in [1.29, 1.82) is 0 Å². The molecule has 0 spiro atoms. The molecule has 0 aromatic heterocycles. The lowest BCUT2D eigenvalue weighted by molar-refractivity contribution is 0.505. The Morgan fingerprint density at radius 2 is 1.95 bits per heavy atom. The highest BCUT2D eigenvalue weighted by Crippen LogP contribution is 2.30. The van der Waals surface area contributed by atoms with Crippen LogP contribution in [0.15, 0.2) is 29.2 Å². The van der Waals surface area contributed by atoms with Crippen LogP contribution >= 0.6 is 11.6 Å². The maximum atomic E-state index is 12.6. The van der Waals surface area contributed by atoms with Gasteiger partial charge in [-0.1, -0.05) is 24.9 Å². The molecule has 1 aromatic carbocycles. The van der Waals surface area contributed by atoms with E-state index in [2.05, 4.69) is 12.2 Å². The summed E-state index contributed by atoms with van der Waals surface area (Å²) < 4.78 is 25.3. The van der Waals surface area contributed by atoms with Crippen molar-refractivity contribution in [3.63, 3.8) is 0 Å². The molecular formula is C14H20ClNO2S. The van der Waals surface area contributed by atoms with Crippen molar-refractivity contribution in [2.24, 2.45) is 0 Å². The molecule has 5 heteroatoms. The first kappa shape index (κ1) is 14.8. The number of halogens is 1. The van der Waals surface area contributed by atoms with Crippen LogP contribution < -0.4 is 5.32 Å². The highest BCUT2D eigenvalue weighted by Gasteiger charge is 2.37. The van der Waals surface area contributed by atoms with Crippen LogP contribution in [0.5, 0.6) is 0 Å². The summed E-state index contributed by atoms with van der Waals surface area (Å²) in [5.74, 6) is 0. The van der Waals surface area contributed by atoms with Crippen molar-refractivity contribution in [2.75, 3.05) is 6.54 Å². The van der Waals surface area contributed by atoms with Crippen molar-refractivity contribution >= 4 is 21.4 Å². The van der Waals surface area contributed by atoms with Crippen LogP contribution in [0.1, 0.15) is 32.6 Å². The third-order valence-corrected chi connectivity index (χ3v) is 6.19. The highest BCUT2D eigenvalue weighted by atomic mass is 35.5. The predicted molar refractivity (Wildman–Crippen MR) is 78.4 cm³/mol. The van der Waals surface area contributed by atoms with Crippen LogP contribution in [-0.2, 0) is 9.84 Å². The molecule has 1 saturated carbocycles. The first-order valence-corrected chi connectivity index (χ1v) is 8.71. The van der Waals surface area contributed by atoms with E-state index in [1.54, 1.807) is 24.3 Å². The Morgan fingerprint density at radius 3 is 2.58 bits per heavy atom. The Labute approximate surface area is 120 Å². The minimum absolute atomic E-state index is 0.0839. The lowest BCUT2D eigenvalue weighted by atomic mass is 10.2. The van der Waals surface area contributed by atoms with Gasteiger partial charge in [0.25, 0.3) is 0 Å². The Morgan fingerprint density at radius 1 is 1.26 bits per heavy atom. The van der Waals surface area contributed by atoms with Gasteiger partial charge in [0.15, 0.2) is 9.84 Å². The first-order valence-electron chi connectivity index (χ1n) is 6.78. The van der Waals surface area contributed by atoms with Gasteiger partial charge < -0.3 is 5.32 Å². The standard InChI is InChI=1S/C14H20ClNO2S/c1-2-10-16-13-4-3-5-14(13)19(17,18)12-8-6-11(15)7-9-12/h6-9,13-14,16H,2-5,10H2,1H3. The zero-order valence-electron chi connectivity index (χ0n) is 11.1. The van der Waals surface area contributed by atoms with E-state index in [0.717, 1.165) is 32.2 Å². The van der Waals surface area contributed by atoms with Crippen molar-refractivity contribution in [3.05, 3.63) is 29.3 Å². The molecule has 1 N–H and O–H groups in total. The van der Waals surface area contributed by atoms with E-state index in [-0.39, 0.29) is 11.3 Å². The monoisotopic (exact) mass is 301 g/mol. The molecule has 0 saturated heterocycles. The maximum Gasteiger partial charge on any atom is 0.182 e. The van der Waals surface area contributed by atoms with Gasteiger partial charge in [-0.2, -0.15) is 0 Å². The summed E-state index contributed by atoms with van der Waals surface area (Å²) in [5.41, 5.74) is 0. The van der Waals surface area contributed by atoms with Crippen LogP contribution in [0.4, 0.5) is 0 Å². The van der Waals surface area contributed by atoms with Gasteiger partial charge in [-0.05, 0) is 50.1 Å². The maximum absolute atomic E-state index is 12.6. The molecule has 1 aromatic rings. The third-order valence-electron chi connectivity index (χ3n) is 3.65. The van der Waals surface area contributed by atoms with Crippen molar-refractivity contribution in [3.8, 4) is 0 Å². The number of benzene rings is 1. The van der Waals surface area contributed by atoms with Crippen LogP contribution in [0, 0.1) is 0 Å². The largest absolute Gasteiger partial charge is 0.313 e. The second-order valence-electron chi connectivity index (χ2n) is 5.03. The molecule has 1 aliphatic carbocycles. The minimum Gasteiger partial charge on any atom is -0.313 e. The van der Waals surface area contributed by atoms with E-state index in [1.165, 1.54) is 0 Å². The lowest BCUT2D eigenvalue weighted by Gasteiger charge is -2.21. The number of sulfone groups is 1. The molecular weight excluding hydrogens is 282 g/mol. The van der Waals surface area contributed by atoms with Gasteiger partial charge in [-0.15, -0.1) is 0 Å². The number of nitrogens with one attached hydrogen (secondary N) is 1. The lowest BCUT2D eigenvalue weighted by Crippen LogP contribution is -2.40. The van der Waals surface area contributed by atoms with Crippen molar-refractivity contribution in [1.82, 2.24) is 5.32 Å². The van der Waals surface area contributed by atoms with Crippen LogP contribution in [0.3, 0.4) is 0 Å². The van der Waals surface area contributed by atoms with Gasteiger partial charge in [0.2, 0.25) is 0 Å². The minimum atomic E-state index is -3.26. The second-order valence-corrected chi connectivity index (χ2v) is 7.63. The zero-order valence-corrected chi connectivity index (χ0v) is 12.7. The Bertz CT molecular complexity index is 513. The summed E-state index contributed by atoms with van der Waals surface area (Å²) in [5, 5.41) is 3.62. The summed E-state index contributed by atoms with van der Waals surface area (Å²) in [6.07, 6.45) is 3.67. The third kappa shape index (κ3) is 3.30. The zero-order chi connectivity index (χ0) is 13.9. The molecule has 1 fully saturated rings. The SMILES string of the molecule is CCCNC1CCCC1S(=O)(=O)c1ccc(Cl)cc1. The summed E-state index contributed by atoms with van der Waals surface area (Å²) in [4.78, 5) is 0.382. The summed E-state index contributed by atoms with van der Waals surface area (Å²) in [6, 6.07) is 6.57. The van der Waals surface area contributed by atoms with Gasteiger partial charge in [0.1, 0.15) is 0 Å². The van der Waals surface area contributed by atoms with Crippen LogP contribution in [0.2, 0.25) is 5.02 Å². The van der Waals surface area contributed by atoms with Crippen LogP contribution in [0.25, 0.3) is 0 Å². The summed E-state index contributed by atoms with van der Waals surface area (Å²) >= 11 is 5.81. The van der Waals surface area contributed by atoms with E-state index in [1.807, 2.05) is 0 Å². The highest BCUT2D eigenvalue weighted by molar-refractivity contribution is 7.92. The Balaban J connectivity index is 2.21. The average molecular weight is 302 g/mol. The molecule has 0 bridgehead atoms. The molecule has 1 aliphatic rings. The molecule has 0 radical (unpaired) electrons. The summed E-state index contributed by atoms with van der Waals surface area (Å²) in [6.45, 7) is 2.96. The fourth-order valence-corrected chi connectivity index (χ4v) is 4.79. The molecule has 2 unspecified atom stereocenters. The summed E-state index contributed by atoms with van der Waals surface area (Å²) in [7, 11) is -3.26. The number of hydrogen-bond acceptors (Lipinski definition) is 3. The van der Waals surface area contributed by atoms with Gasteiger partial charge in [-0.3, -0.25) is 0 Å². The number of hydrogen-bond donors (Lipinski definition) is 1. The van der Waals surface area contributed by atoms with Crippen LogP contribution in [-0.4, -0.2) is 26.3 Å². The van der Waals surface area contributed by atoms with E-state index < -0.39 is 9.84 Å². The topological polar surface area (TPSA) is 46.2 Å². The Kier molecular flexibility index (Phi) is 4.87. The fraction of sp³-hybridized carbons (Fsp3) is 0.571. The molecule has 19 heavy (non-hydrogen) atoms. The van der Waals surface area contributed by atoms with Gasteiger partial charge in [0.05, 0.1) is 10.1 Å². The Hall–Kier alpha value is -0.580. The molecule has 106 valence electrons. The smallest absolute Gasteiger partial charge is 0.182 e. The van der Waals surface area contributed by atoms with Gasteiger partial charge in [0, 0.05) is 11.1 Å². The molecule has 0 heterocycles. The second kappa shape index (κ2) is 6.25. The fourth-order valence-electron chi connectivity index (χ4n) is 2.66. The van der Waals surface area contributed by atoms with Gasteiger partial charge in [-0.25, -0.2) is 8.42 Å². The van der Waals surface area contributed by atoms with E-state index in [0.29, 0.717) is 9.92 Å². The quantitative estimate of drug-likeness (QED) is 0.909. The normalized spacial score (nSPS) is 23.7. The van der Waals surface area contributed by atoms with Crippen molar-refractivity contribution < 1.29 is 8.42 Å². The molecule has 2 rings (SSSR count). The average Bonchev–Trinajstić information content (AvgIpc) is 2.86. The molecule has 2 atom stereocenters. The van der Waals surface area contributed by atoms with E-state index in [4.69, 9.17) is 11.6 Å². The first-order chi connectivity index (χ1) is 9.05. The van der Waals surface area contributed by atoms with E-state index in [9.17, 15) is 8.42 Å². The number of rotatable bonds is 5. The van der Waals surface area contributed by atoms with Crippen molar-refractivity contribution in [2.45, 2.75) is 48.8 Å². The molecule has 0 aliphatic heterocycles. The molecule has 0 amide bonds. The predicted octanol–water partition coefficient (Wildman–Crippen LogP) is 3.03. The van der Waals surface area contributed by atoms with Gasteiger partial charge >= 0.3 is 0 Å². The molecule has 3 nitrogen and oxygen atoms in total. The van der Waals surface area contributed by atoms with E-state index >= 15 is 0 Å².